The predicted octanol–water partition coefficient (Wildman–Crippen LogP) is 2.79. The highest BCUT2D eigenvalue weighted by Crippen LogP contribution is 2.21. The van der Waals surface area contributed by atoms with Crippen LogP contribution in [0.3, 0.4) is 0 Å². The average Bonchev–Trinajstić information content (AvgIpc) is 2.59. The van der Waals surface area contributed by atoms with Gasteiger partial charge >= 0.3 is 0 Å². The minimum atomic E-state index is 1.18. The quantitative estimate of drug-likeness (QED) is 0.704. The summed E-state index contributed by atoms with van der Waals surface area (Å²) in [6, 6.07) is 10.3. The zero-order chi connectivity index (χ0) is 8.23. The van der Waals surface area contributed by atoms with Gasteiger partial charge in [0.25, 0.3) is 0 Å². The third-order valence-electron chi connectivity index (χ3n) is 1.59. The highest BCUT2D eigenvalue weighted by Gasteiger charge is 1.98. The molecule has 1 heterocycles. The molecule has 1 N–H and O–H groups in total. The second-order valence-electron chi connectivity index (χ2n) is 2.48. The van der Waals surface area contributed by atoms with Crippen molar-refractivity contribution in [1.29, 1.82) is 0 Å². The van der Waals surface area contributed by atoms with Gasteiger partial charge in [0.15, 0.2) is 0 Å². The van der Waals surface area contributed by atoms with Gasteiger partial charge in [-0.2, -0.15) is 0 Å². The molecule has 0 aliphatic carbocycles. The molecule has 1 aromatic rings. The zero-order valence-corrected chi connectivity index (χ0v) is 7.34. The molecule has 60 valence electrons. The van der Waals surface area contributed by atoms with Crippen molar-refractivity contribution in [2.45, 2.75) is 0 Å². The fraction of sp³-hybridized carbons (Fsp3) is 0. The Hall–Kier alpha value is -1.15. The van der Waals surface area contributed by atoms with Crippen LogP contribution in [0.25, 0.3) is 6.08 Å². The SMILES string of the molecule is C1=CSC(=Cc2ccccc2)N1. The topological polar surface area (TPSA) is 12.0 Å². The number of rotatable bonds is 1. The van der Waals surface area contributed by atoms with Gasteiger partial charge in [0.05, 0.1) is 5.03 Å². The molecule has 0 saturated heterocycles. The fourth-order valence-corrected chi connectivity index (χ4v) is 1.66. The van der Waals surface area contributed by atoms with Crippen LogP contribution in [-0.4, -0.2) is 0 Å². The van der Waals surface area contributed by atoms with Crippen molar-refractivity contribution < 1.29 is 0 Å². The van der Waals surface area contributed by atoms with Crippen LogP contribution in [0.4, 0.5) is 0 Å². The van der Waals surface area contributed by atoms with Crippen molar-refractivity contribution in [3.63, 3.8) is 0 Å². The molecule has 0 unspecified atom stereocenters. The minimum absolute atomic E-state index is 1.18. The number of thioether (sulfide) groups is 1. The maximum Gasteiger partial charge on any atom is 0.0770 e. The summed E-state index contributed by atoms with van der Waals surface area (Å²) in [6.07, 6.45) is 4.07. The van der Waals surface area contributed by atoms with E-state index in [1.54, 1.807) is 11.8 Å². The normalized spacial score (nSPS) is 18.2. The first-order valence-corrected chi connectivity index (χ1v) is 4.68. The summed E-state index contributed by atoms with van der Waals surface area (Å²) in [5.41, 5.74) is 1.23. The van der Waals surface area contributed by atoms with E-state index in [1.165, 1.54) is 10.6 Å². The molecular formula is C10H9NS. The predicted molar refractivity (Wildman–Crippen MR) is 54.3 cm³/mol. The molecule has 2 heteroatoms. The Kier molecular flexibility index (Phi) is 2.19. The highest BCUT2D eigenvalue weighted by atomic mass is 32.2. The molecule has 1 aromatic carbocycles. The lowest BCUT2D eigenvalue weighted by Crippen LogP contribution is -1.93. The summed E-state index contributed by atoms with van der Waals surface area (Å²) >= 11 is 1.71. The molecule has 0 radical (unpaired) electrons. The summed E-state index contributed by atoms with van der Waals surface area (Å²) in [6.45, 7) is 0. The van der Waals surface area contributed by atoms with Crippen LogP contribution in [0.5, 0.6) is 0 Å². The Balaban J connectivity index is 2.17. The lowest BCUT2D eigenvalue weighted by atomic mass is 10.2. The van der Waals surface area contributed by atoms with E-state index in [9.17, 15) is 0 Å². The van der Waals surface area contributed by atoms with Crippen molar-refractivity contribution in [3.8, 4) is 0 Å². The minimum Gasteiger partial charge on any atom is -0.356 e. The maximum absolute atomic E-state index is 3.15. The Morgan fingerprint density at radius 2 is 2.00 bits per heavy atom. The zero-order valence-electron chi connectivity index (χ0n) is 6.53. The summed E-state index contributed by atoms with van der Waals surface area (Å²) in [7, 11) is 0. The highest BCUT2D eigenvalue weighted by molar-refractivity contribution is 8.06. The van der Waals surface area contributed by atoms with Gasteiger partial charge in [-0.3, -0.25) is 0 Å². The standard InChI is InChI=1S/C10H9NS/c1-2-4-9(5-3-1)8-10-11-6-7-12-10/h1-8,11H. The molecule has 0 atom stereocenters. The van der Waals surface area contributed by atoms with Crippen molar-refractivity contribution >= 4 is 17.8 Å². The molecule has 0 saturated carbocycles. The molecule has 12 heavy (non-hydrogen) atoms. The fourth-order valence-electron chi connectivity index (χ4n) is 1.03. The van der Waals surface area contributed by atoms with Crippen LogP contribution in [0.15, 0.2) is 47.0 Å². The van der Waals surface area contributed by atoms with Gasteiger partial charge in [-0.15, -0.1) is 0 Å². The molecule has 1 aliphatic heterocycles. The first kappa shape index (κ1) is 7.50. The van der Waals surface area contributed by atoms with Gasteiger partial charge in [0.1, 0.15) is 0 Å². The van der Waals surface area contributed by atoms with E-state index in [-0.39, 0.29) is 0 Å². The monoisotopic (exact) mass is 175 g/mol. The van der Waals surface area contributed by atoms with Gasteiger partial charge in [-0.05, 0) is 17.0 Å². The molecule has 0 aromatic heterocycles. The molecule has 2 rings (SSSR count). The van der Waals surface area contributed by atoms with E-state index in [0.29, 0.717) is 0 Å². The van der Waals surface area contributed by atoms with E-state index >= 15 is 0 Å². The maximum atomic E-state index is 3.15. The number of nitrogens with one attached hydrogen (secondary N) is 1. The smallest absolute Gasteiger partial charge is 0.0770 e. The van der Waals surface area contributed by atoms with E-state index < -0.39 is 0 Å². The van der Waals surface area contributed by atoms with Crippen molar-refractivity contribution in [2.24, 2.45) is 0 Å². The van der Waals surface area contributed by atoms with Crippen LogP contribution < -0.4 is 5.32 Å². The summed E-state index contributed by atoms with van der Waals surface area (Å²) in [5, 5.41) is 6.37. The largest absolute Gasteiger partial charge is 0.356 e. The number of hydrogen-bond acceptors (Lipinski definition) is 2. The Morgan fingerprint density at radius 1 is 1.17 bits per heavy atom. The molecule has 0 amide bonds. The van der Waals surface area contributed by atoms with Crippen LogP contribution in [-0.2, 0) is 0 Å². The third kappa shape index (κ3) is 1.71. The van der Waals surface area contributed by atoms with Gasteiger partial charge in [-0.1, -0.05) is 42.1 Å². The van der Waals surface area contributed by atoms with E-state index in [2.05, 4.69) is 23.5 Å². The molecule has 1 nitrogen and oxygen atoms in total. The second kappa shape index (κ2) is 3.50. The third-order valence-corrected chi connectivity index (χ3v) is 2.35. The number of benzene rings is 1. The van der Waals surface area contributed by atoms with Crippen molar-refractivity contribution in [2.75, 3.05) is 0 Å². The van der Waals surface area contributed by atoms with Gasteiger partial charge in [0, 0.05) is 6.20 Å². The average molecular weight is 175 g/mol. The Morgan fingerprint density at radius 3 is 2.67 bits per heavy atom. The van der Waals surface area contributed by atoms with Gasteiger partial charge < -0.3 is 5.32 Å². The first-order valence-electron chi connectivity index (χ1n) is 3.80. The van der Waals surface area contributed by atoms with Crippen LogP contribution in [0.2, 0.25) is 0 Å². The summed E-state index contributed by atoms with van der Waals surface area (Å²) in [4.78, 5) is 0. The lowest BCUT2D eigenvalue weighted by Gasteiger charge is -1.96. The molecule has 1 aliphatic rings. The van der Waals surface area contributed by atoms with Gasteiger partial charge in [0.2, 0.25) is 0 Å². The Bertz CT molecular complexity index is 304. The van der Waals surface area contributed by atoms with E-state index in [4.69, 9.17) is 0 Å². The number of hydrogen-bond donors (Lipinski definition) is 1. The molecule has 0 fully saturated rings. The van der Waals surface area contributed by atoms with Gasteiger partial charge in [-0.25, -0.2) is 0 Å². The molecular weight excluding hydrogens is 166 g/mol. The summed E-state index contributed by atoms with van der Waals surface area (Å²) in [5.74, 6) is 0. The van der Waals surface area contributed by atoms with Crippen LogP contribution in [0.1, 0.15) is 5.56 Å². The second-order valence-corrected chi connectivity index (χ2v) is 3.43. The summed E-state index contributed by atoms with van der Waals surface area (Å²) < 4.78 is 0. The van der Waals surface area contributed by atoms with E-state index in [1.807, 2.05) is 29.8 Å². The Labute approximate surface area is 76.2 Å². The van der Waals surface area contributed by atoms with Crippen molar-refractivity contribution in [1.82, 2.24) is 5.32 Å². The van der Waals surface area contributed by atoms with Crippen molar-refractivity contribution in [3.05, 3.63) is 52.5 Å². The van der Waals surface area contributed by atoms with Crippen LogP contribution in [0, 0.1) is 0 Å². The van der Waals surface area contributed by atoms with E-state index in [0.717, 1.165) is 0 Å². The lowest BCUT2D eigenvalue weighted by molar-refractivity contribution is 1.20. The molecule has 0 bridgehead atoms. The molecule has 0 spiro atoms. The first-order chi connectivity index (χ1) is 5.95. The van der Waals surface area contributed by atoms with Crippen LogP contribution >= 0.6 is 11.8 Å².